The number of halogens is 1. The number of rotatable bonds is 6. The molecule has 154 valence electrons. The monoisotopic (exact) mass is 451 g/mol. The Morgan fingerprint density at radius 1 is 1.10 bits per heavy atom. The molecule has 0 saturated carbocycles. The summed E-state index contributed by atoms with van der Waals surface area (Å²) in [5, 5.41) is 1.17. The standard InChI is InChI=1S/C20H22ClN3O3S2/c1-13-5-10-16(21)18-17(13)22-20(28-18)24(12-11-23(2)3)19(25)14-6-8-15(9-7-14)29(4,26)27/h5-10H,11-12H2,1-4H3. The average Bonchev–Trinajstić information content (AvgIpc) is 3.10. The summed E-state index contributed by atoms with van der Waals surface area (Å²) in [4.78, 5) is 21.7. The number of sulfone groups is 1. The van der Waals surface area contributed by atoms with Gasteiger partial charge in [-0.3, -0.25) is 9.69 Å². The minimum atomic E-state index is -3.32. The van der Waals surface area contributed by atoms with Gasteiger partial charge in [0, 0.05) is 24.9 Å². The molecule has 0 N–H and O–H groups in total. The van der Waals surface area contributed by atoms with Crippen molar-refractivity contribution in [3.63, 3.8) is 0 Å². The number of carbonyl (C=O) groups excluding carboxylic acids is 1. The number of hydrogen-bond donors (Lipinski definition) is 0. The Labute approximate surface area is 179 Å². The summed E-state index contributed by atoms with van der Waals surface area (Å²) < 4.78 is 24.2. The maximum atomic E-state index is 13.3. The van der Waals surface area contributed by atoms with E-state index in [-0.39, 0.29) is 10.8 Å². The third kappa shape index (κ3) is 4.78. The van der Waals surface area contributed by atoms with Crippen molar-refractivity contribution in [3.8, 4) is 0 Å². The SMILES string of the molecule is Cc1ccc(Cl)c2sc(N(CCN(C)C)C(=O)c3ccc(S(C)(=O)=O)cc3)nc12. The largest absolute Gasteiger partial charge is 0.308 e. The number of benzene rings is 2. The van der Waals surface area contributed by atoms with Crippen LogP contribution in [-0.4, -0.2) is 57.6 Å². The summed E-state index contributed by atoms with van der Waals surface area (Å²) in [6.45, 7) is 3.05. The maximum Gasteiger partial charge on any atom is 0.260 e. The number of aryl methyl sites for hydroxylation is 1. The van der Waals surface area contributed by atoms with E-state index in [0.29, 0.717) is 28.8 Å². The fourth-order valence-electron chi connectivity index (χ4n) is 2.79. The number of anilines is 1. The van der Waals surface area contributed by atoms with Crippen LogP contribution in [0.1, 0.15) is 15.9 Å². The molecule has 0 atom stereocenters. The summed E-state index contributed by atoms with van der Waals surface area (Å²) in [5.41, 5.74) is 2.18. The third-order valence-electron chi connectivity index (χ3n) is 4.46. The number of carbonyl (C=O) groups is 1. The molecule has 0 aliphatic rings. The highest BCUT2D eigenvalue weighted by Gasteiger charge is 2.23. The van der Waals surface area contributed by atoms with E-state index < -0.39 is 9.84 Å². The van der Waals surface area contributed by atoms with Gasteiger partial charge in [0.2, 0.25) is 0 Å². The molecule has 2 aromatic carbocycles. The van der Waals surface area contributed by atoms with Crippen LogP contribution in [0.4, 0.5) is 5.13 Å². The van der Waals surface area contributed by atoms with Crippen LogP contribution in [0.25, 0.3) is 10.2 Å². The lowest BCUT2D eigenvalue weighted by Gasteiger charge is -2.22. The predicted molar refractivity (Wildman–Crippen MR) is 119 cm³/mol. The first-order valence-corrected chi connectivity index (χ1v) is 12.0. The number of hydrogen-bond acceptors (Lipinski definition) is 6. The Morgan fingerprint density at radius 3 is 2.31 bits per heavy atom. The van der Waals surface area contributed by atoms with Crippen LogP contribution < -0.4 is 4.90 Å². The van der Waals surface area contributed by atoms with Gasteiger partial charge in [-0.1, -0.05) is 29.0 Å². The molecule has 6 nitrogen and oxygen atoms in total. The van der Waals surface area contributed by atoms with Crippen molar-refractivity contribution in [2.24, 2.45) is 0 Å². The quantitative estimate of drug-likeness (QED) is 0.569. The van der Waals surface area contributed by atoms with Crippen molar-refractivity contribution in [1.29, 1.82) is 0 Å². The van der Waals surface area contributed by atoms with Crippen molar-refractivity contribution in [3.05, 3.63) is 52.5 Å². The summed E-state index contributed by atoms with van der Waals surface area (Å²) in [6, 6.07) is 9.71. The summed E-state index contributed by atoms with van der Waals surface area (Å²) in [6.07, 6.45) is 1.14. The number of aromatic nitrogens is 1. The Bertz CT molecular complexity index is 1120. The van der Waals surface area contributed by atoms with Gasteiger partial charge in [0.1, 0.15) is 0 Å². The van der Waals surface area contributed by atoms with Crippen molar-refractivity contribution in [1.82, 2.24) is 9.88 Å². The van der Waals surface area contributed by atoms with Crippen LogP contribution in [0, 0.1) is 6.92 Å². The highest BCUT2D eigenvalue weighted by atomic mass is 35.5. The Kier molecular flexibility index (Phi) is 6.28. The Balaban J connectivity index is 2.02. The molecule has 1 amide bonds. The molecule has 0 saturated heterocycles. The van der Waals surface area contributed by atoms with Crippen molar-refractivity contribution < 1.29 is 13.2 Å². The summed E-state index contributed by atoms with van der Waals surface area (Å²) in [5.74, 6) is -0.236. The van der Waals surface area contributed by atoms with Crippen molar-refractivity contribution in [2.75, 3.05) is 38.3 Å². The van der Waals surface area contributed by atoms with Crippen LogP contribution in [0.15, 0.2) is 41.3 Å². The third-order valence-corrected chi connectivity index (χ3v) is 7.13. The molecule has 0 unspecified atom stereocenters. The molecule has 3 rings (SSSR count). The Hall–Kier alpha value is -2.00. The molecule has 0 aliphatic heterocycles. The lowest BCUT2D eigenvalue weighted by molar-refractivity contribution is 0.0985. The molecule has 0 radical (unpaired) electrons. The van der Waals surface area contributed by atoms with Gasteiger partial charge in [-0.15, -0.1) is 0 Å². The van der Waals surface area contributed by atoms with E-state index >= 15 is 0 Å². The number of amides is 1. The molecule has 3 aromatic rings. The van der Waals surface area contributed by atoms with Gasteiger partial charge in [0.25, 0.3) is 5.91 Å². The molecular weight excluding hydrogens is 430 g/mol. The highest BCUT2D eigenvalue weighted by molar-refractivity contribution is 7.90. The lowest BCUT2D eigenvalue weighted by Crippen LogP contribution is -2.36. The topological polar surface area (TPSA) is 70.6 Å². The molecule has 1 heterocycles. The first-order valence-electron chi connectivity index (χ1n) is 8.90. The number of thiazole rings is 1. The predicted octanol–water partition coefficient (Wildman–Crippen LogP) is 3.87. The van der Waals surface area contributed by atoms with Crippen LogP contribution in [0.3, 0.4) is 0 Å². The zero-order valence-corrected chi connectivity index (χ0v) is 19.0. The normalized spacial score (nSPS) is 11.9. The molecule has 9 heteroatoms. The molecule has 1 aromatic heterocycles. The summed E-state index contributed by atoms with van der Waals surface area (Å²) in [7, 11) is 0.544. The van der Waals surface area contributed by atoms with Gasteiger partial charge in [0.15, 0.2) is 15.0 Å². The van der Waals surface area contributed by atoms with Crippen LogP contribution >= 0.6 is 22.9 Å². The average molecular weight is 452 g/mol. The van der Waals surface area contributed by atoms with Crippen LogP contribution in [-0.2, 0) is 9.84 Å². The van der Waals surface area contributed by atoms with E-state index in [4.69, 9.17) is 11.6 Å². The van der Waals surface area contributed by atoms with Crippen LogP contribution in [0.5, 0.6) is 0 Å². The number of nitrogens with zero attached hydrogens (tertiary/aromatic N) is 3. The minimum Gasteiger partial charge on any atom is -0.308 e. The fourth-order valence-corrected chi connectivity index (χ4v) is 4.76. The van der Waals surface area contributed by atoms with Gasteiger partial charge in [-0.2, -0.15) is 0 Å². The molecule has 29 heavy (non-hydrogen) atoms. The fraction of sp³-hybridized carbons (Fsp3) is 0.300. The zero-order valence-electron chi connectivity index (χ0n) is 16.6. The van der Waals surface area contributed by atoms with Gasteiger partial charge >= 0.3 is 0 Å². The lowest BCUT2D eigenvalue weighted by atomic mass is 10.2. The number of likely N-dealkylation sites (N-methyl/N-ethyl adjacent to an activating group) is 1. The maximum absolute atomic E-state index is 13.3. The smallest absolute Gasteiger partial charge is 0.260 e. The molecule has 0 spiro atoms. The molecule has 0 bridgehead atoms. The van der Waals surface area contributed by atoms with Gasteiger partial charge in [-0.05, 0) is 56.9 Å². The van der Waals surface area contributed by atoms with Gasteiger partial charge in [-0.25, -0.2) is 13.4 Å². The first-order chi connectivity index (χ1) is 13.6. The molecule has 0 fully saturated rings. The second kappa shape index (κ2) is 8.39. The van der Waals surface area contributed by atoms with E-state index in [1.165, 1.54) is 35.6 Å². The minimum absolute atomic E-state index is 0.177. The molecule has 0 aliphatic carbocycles. The molecular formula is C20H22ClN3O3S2. The van der Waals surface area contributed by atoms with Gasteiger partial charge < -0.3 is 4.90 Å². The van der Waals surface area contributed by atoms with E-state index in [1.54, 1.807) is 4.90 Å². The first kappa shape index (κ1) is 21.7. The van der Waals surface area contributed by atoms with E-state index in [1.807, 2.05) is 38.1 Å². The second-order valence-corrected chi connectivity index (χ2v) is 10.5. The van der Waals surface area contributed by atoms with Crippen molar-refractivity contribution in [2.45, 2.75) is 11.8 Å². The van der Waals surface area contributed by atoms with E-state index in [9.17, 15) is 13.2 Å². The Morgan fingerprint density at radius 2 is 1.76 bits per heavy atom. The van der Waals surface area contributed by atoms with Crippen molar-refractivity contribution >= 4 is 54.0 Å². The number of fused-ring (bicyclic) bond motifs is 1. The van der Waals surface area contributed by atoms with Crippen LogP contribution in [0.2, 0.25) is 5.02 Å². The highest BCUT2D eigenvalue weighted by Crippen LogP contribution is 2.36. The van der Waals surface area contributed by atoms with E-state index in [0.717, 1.165) is 22.0 Å². The second-order valence-electron chi connectivity index (χ2n) is 7.10. The van der Waals surface area contributed by atoms with E-state index in [2.05, 4.69) is 4.98 Å². The zero-order chi connectivity index (χ0) is 21.3. The van der Waals surface area contributed by atoms with Gasteiger partial charge in [0.05, 0.1) is 20.1 Å². The summed E-state index contributed by atoms with van der Waals surface area (Å²) >= 11 is 7.71.